The van der Waals surface area contributed by atoms with Crippen LogP contribution in [0, 0.1) is 0 Å². The number of β-amino-alcohol motifs (C(OH)–C–C–N with tert-alkyl or cyclic N) is 1. The molecule has 1 fully saturated rings. The van der Waals surface area contributed by atoms with Crippen molar-refractivity contribution in [1.82, 2.24) is 25.0 Å². The molecule has 1 aromatic carbocycles. The quantitative estimate of drug-likeness (QED) is 0.658. The number of benzene rings is 1. The number of hydrogen-bond donors (Lipinski definition) is 3. The molecule has 3 rings (SSSR count). The molecule has 0 radical (unpaired) electrons. The second kappa shape index (κ2) is 7.41. The lowest BCUT2D eigenvalue weighted by atomic mass is 10.1. The first-order valence-corrected chi connectivity index (χ1v) is 7.97. The number of aromatic nitrogens is 3. The van der Waals surface area contributed by atoms with Gasteiger partial charge >= 0.3 is 0 Å². The number of hydrogen-bond acceptors (Lipinski definition) is 6. The van der Waals surface area contributed by atoms with Gasteiger partial charge in [-0.05, 0) is 6.07 Å². The highest BCUT2D eigenvalue weighted by molar-refractivity contribution is 6.00. The first-order valence-electron chi connectivity index (χ1n) is 7.97. The van der Waals surface area contributed by atoms with Crippen LogP contribution in [-0.2, 0) is 4.79 Å². The highest BCUT2D eigenvalue weighted by atomic mass is 16.3. The van der Waals surface area contributed by atoms with Gasteiger partial charge in [0.05, 0.1) is 18.2 Å². The largest absolute Gasteiger partial charge is 0.390 e. The van der Waals surface area contributed by atoms with E-state index in [4.69, 9.17) is 5.73 Å². The zero-order chi connectivity index (χ0) is 17.8. The fourth-order valence-corrected chi connectivity index (χ4v) is 2.99. The van der Waals surface area contributed by atoms with E-state index in [1.807, 2.05) is 6.07 Å². The van der Waals surface area contributed by atoms with E-state index in [-0.39, 0.29) is 19.0 Å². The molecule has 0 spiro atoms. The molecule has 2 heterocycles. The van der Waals surface area contributed by atoms with Crippen molar-refractivity contribution in [2.45, 2.75) is 6.10 Å². The first kappa shape index (κ1) is 17.1. The molecule has 1 saturated heterocycles. The minimum Gasteiger partial charge on any atom is -0.390 e. The van der Waals surface area contributed by atoms with Gasteiger partial charge in [0.1, 0.15) is 6.33 Å². The molecule has 1 atom stereocenters. The number of carbonyl (C=O) groups excluding carboxylic acids is 2. The summed E-state index contributed by atoms with van der Waals surface area (Å²) >= 11 is 0. The van der Waals surface area contributed by atoms with E-state index >= 15 is 0 Å². The summed E-state index contributed by atoms with van der Waals surface area (Å²) < 4.78 is 0. The molecular formula is C16H20N6O3. The Hall–Kier alpha value is -2.78. The van der Waals surface area contributed by atoms with Crippen molar-refractivity contribution in [2.75, 3.05) is 32.7 Å². The zero-order valence-corrected chi connectivity index (χ0v) is 13.6. The number of primary amides is 1. The second-order valence-corrected chi connectivity index (χ2v) is 5.99. The van der Waals surface area contributed by atoms with E-state index in [2.05, 4.69) is 15.2 Å². The molecule has 0 saturated carbocycles. The van der Waals surface area contributed by atoms with Gasteiger partial charge in [0, 0.05) is 31.7 Å². The standard InChI is InChI=1S/C16H20N6O3/c17-14(24)9-21-5-6-22(8-11(23)7-21)16(25)13-4-2-1-3-12(13)15-18-10-19-20-15/h1-4,10-11,23H,5-9H2,(H2,17,24)(H,18,19,20). The Labute approximate surface area is 144 Å². The van der Waals surface area contributed by atoms with Gasteiger partial charge in [-0.15, -0.1) is 0 Å². The van der Waals surface area contributed by atoms with Crippen molar-refractivity contribution >= 4 is 11.8 Å². The van der Waals surface area contributed by atoms with Gasteiger partial charge in [-0.3, -0.25) is 19.6 Å². The Kier molecular flexibility index (Phi) is 5.05. The first-order chi connectivity index (χ1) is 12.0. The van der Waals surface area contributed by atoms with Gasteiger partial charge in [-0.2, -0.15) is 5.10 Å². The summed E-state index contributed by atoms with van der Waals surface area (Å²) in [4.78, 5) is 31.5. The van der Waals surface area contributed by atoms with Gasteiger partial charge in [0.2, 0.25) is 5.91 Å². The van der Waals surface area contributed by atoms with Gasteiger partial charge in [-0.1, -0.05) is 18.2 Å². The number of aromatic amines is 1. The van der Waals surface area contributed by atoms with Crippen LogP contribution in [0.1, 0.15) is 10.4 Å². The van der Waals surface area contributed by atoms with Crippen molar-refractivity contribution in [3.05, 3.63) is 36.2 Å². The maximum Gasteiger partial charge on any atom is 0.254 e. The summed E-state index contributed by atoms with van der Waals surface area (Å²) in [5.74, 6) is -0.149. The van der Waals surface area contributed by atoms with Crippen molar-refractivity contribution in [1.29, 1.82) is 0 Å². The normalized spacial score (nSPS) is 18.8. The number of aliphatic hydroxyl groups excluding tert-OH is 1. The van der Waals surface area contributed by atoms with Crippen LogP contribution in [0.2, 0.25) is 0 Å². The van der Waals surface area contributed by atoms with Crippen molar-refractivity contribution in [3.8, 4) is 11.4 Å². The van der Waals surface area contributed by atoms with Crippen molar-refractivity contribution in [2.24, 2.45) is 5.73 Å². The second-order valence-electron chi connectivity index (χ2n) is 5.99. The van der Waals surface area contributed by atoms with Crippen LogP contribution in [0.15, 0.2) is 30.6 Å². The molecule has 1 aliphatic rings. The summed E-state index contributed by atoms with van der Waals surface area (Å²) in [7, 11) is 0. The van der Waals surface area contributed by atoms with Crippen LogP contribution in [0.4, 0.5) is 0 Å². The molecule has 25 heavy (non-hydrogen) atoms. The summed E-state index contributed by atoms with van der Waals surface area (Å²) in [5.41, 5.74) is 6.35. The van der Waals surface area contributed by atoms with Gasteiger partial charge in [0.15, 0.2) is 5.82 Å². The molecule has 9 nitrogen and oxygen atoms in total. The number of nitrogens with one attached hydrogen (secondary N) is 1. The number of H-pyrrole nitrogens is 1. The van der Waals surface area contributed by atoms with Crippen molar-refractivity contribution in [3.63, 3.8) is 0 Å². The Bertz CT molecular complexity index is 748. The Balaban J connectivity index is 1.81. The molecule has 1 unspecified atom stereocenters. The van der Waals surface area contributed by atoms with Crippen molar-refractivity contribution < 1.29 is 14.7 Å². The average Bonchev–Trinajstić information content (AvgIpc) is 3.05. The third-order valence-corrected chi connectivity index (χ3v) is 4.08. The summed E-state index contributed by atoms with van der Waals surface area (Å²) in [6.45, 7) is 1.42. The minimum atomic E-state index is -0.747. The Morgan fingerprint density at radius 1 is 1.28 bits per heavy atom. The summed E-state index contributed by atoms with van der Waals surface area (Å²) in [5, 5.41) is 16.8. The van der Waals surface area contributed by atoms with E-state index in [0.29, 0.717) is 36.6 Å². The summed E-state index contributed by atoms with van der Waals surface area (Å²) in [6, 6.07) is 7.11. The number of rotatable bonds is 4. The molecule has 4 N–H and O–H groups in total. The van der Waals surface area contributed by atoms with Crippen LogP contribution >= 0.6 is 0 Å². The predicted molar refractivity (Wildman–Crippen MR) is 89.4 cm³/mol. The van der Waals surface area contributed by atoms with E-state index < -0.39 is 12.0 Å². The Morgan fingerprint density at radius 2 is 2.08 bits per heavy atom. The predicted octanol–water partition coefficient (Wildman–Crippen LogP) is -0.924. The van der Waals surface area contributed by atoms with E-state index in [9.17, 15) is 14.7 Å². The molecule has 0 bridgehead atoms. The third kappa shape index (κ3) is 4.01. The highest BCUT2D eigenvalue weighted by Crippen LogP contribution is 2.21. The molecule has 1 aliphatic heterocycles. The van der Waals surface area contributed by atoms with Crippen LogP contribution in [0.3, 0.4) is 0 Å². The Morgan fingerprint density at radius 3 is 2.80 bits per heavy atom. The number of nitrogens with zero attached hydrogens (tertiary/aromatic N) is 4. The topological polar surface area (TPSA) is 128 Å². The molecular weight excluding hydrogens is 324 g/mol. The maximum absolute atomic E-state index is 13.0. The lowest BCUT2D eigenvalue weighted by Gasteiger charge is -2.22. The number of amides is 2. The maximum atomic E-state index is 13.0. The lowest BCUT2D eigenvalue weighted by Crippen LogP contribution is -2.38. The van der Waals surface area contributed by atoms with E-state index in [0.717, 1.165) is 0 Å². The number of nitrogens with two attached hydrogens (primary N) is 1. The van der Waals surface area contributed by atoms with Crippen LogP contribution < -0.4 is 5.73 Å². The molecule has 2 amide bonds. The highest BCUT2D eigenvalue weighted by Gasteiger charge is 2.27. The SMILES string of the molecule is NC(=O)CN1CCN(C(=O)c2ccccc2-c2ncn[nH]2)CC(O)C1. The van der Waals surface area contributed by atoms with Crippen LogP contribution in [0.25, 0.3) is 11.4 Å². The number of aliphatic hydroxyl groups is 1. The molecule has 9 heteroatoms. The third-order valence-electron chi connectivity index (χ3n) is 4.08. The smallest absolute Gasteiger partial charge is 0.254 e. The van der Waals surface area contributed by atoms with Crippen LogP contribution in [-0.4, -0.2) is 80.7 Å². The van der Waals surface area contributed by atoms with Crippen LogP contribution in [0.5, 0.6) is 0 Å². The zero-order valence-electron chi connectivity index (χ0n) is 13.6. The molecule has 2 aromatic rings. The van der Waals surface area contributed by atoms with E-state index in [1.165, 1.54) is 6.33 Å². The fourth-order valence-electron chi connectivity index (χ4n) is 2.99. The summed E-state index contributed by atoms with van der Waals surface area (Å²) in [6.07, 6.45) is 0.636. The molecule has 0 aliphatic carbocycles. The van der Waals surface area contributed by atoms with Gasteiger partial charge in [-0.25, -0.2) is 4.98 Å². The monoisotopic (exact) mass is 344 g/mol. The number of carbonyl (C=O) groups is 2. The van der Waals surface area contributed by atoms with Gasteiger partial charge in [0.25, 0.3) is 5.91 Å². The van der Waals surface area contributed by atoms with E-state index in [1.54, 1.807) is 28.0 Å². The lowest BCUT2D eigenvalue weighted by molar-refractivity contribution is -0.119. The minimum absolute atomic E-state index is 0.0632. The molecule has 1 aromatic heterocycles. The fraction of sp³-hybridized carbons (Fsp3) is 0.375. The molecule has 132 valence electrons. The average molecular weight is 344 g/mol. The van der Waals surface area contributed by atoms with Gasteiger partial charge < -0.3 is 15.7 Å².